The van der Waals surface area contributed by atoms with Gasteiger partial charge in [-0.15, -0.1) is 11.3 Å². The van der Waals surface area contributed by atoms with Crippen LogP contribution in [-0.4, -0.2) is 11.7 Å². The predicted octanol–water partition coefficient (Wildman–Crippen LogP) is 13.0. The highest BCUT2D eigenvalue weighted by Gasteiger charge is 2.47. The van der Waals surface area contributed by atoms with Crippen LogP contribution in [0, 0.1) is 0 Å². The van der Waals surface area contributed by atoms with E-state index in [9.17, 15) is 0 Å². The molecule has 56 heavy (non-hydrogen) atoms. The highest BCUT2D eigenvalue weighted by Crippen LogP contribution is 2.49. The molecular formula is C51H66BN3S. The summed E-state index contributed by atoms with van der Waals surface area (Å²) in [6.45, 7) is 41.9. The van der Waals surface area contributed by atoms with Crippen LogP contribution < -0.4 is 26.3 Å². The smallest absolute Gasteiger partial charge is 0.276 e. The average Bonchev–Trinajstić information content (AvgIpc) is 3.51. The average molecular weight is 764 g/mol. The second kappa shape index (κ2) is 12.8. The van der Waals surface area contributed by atoms with E-state index >= 15 is 0 Å². The molecule has 3 nitrogen and oxygen atoms in total. The lowest BCUT2D eigenvalue weighted by atomic mass is 9.35. The second-order valence-electron chi connectivity index (χ2n) is 22.8. The standard InChI is InChI=1S/C51H66BN3S/c1-46(2,3)31-19-22-36(23-20-31)54-39-24-21-32(47(4,5)6)28-38(39)52-42-40(54)29-35(50(13,14)15)30-41(42)55(44-43(52)53-45(56-44)51(16,17)18)37-26-33(48(7,8)9)25-34(27-37)49(10,11)12/h19-30H,1-18H3. The van der Waals surface area contributed by atoms with Crippen LogP contribution in [0.2, 0.25) is 0 Å². The molecule has 0 spiro atoms. The van der Waals surface area contributed by atoms with E-state index in [-0.39, 0.29) is 39.2 Å². The van der Waals surface area contributed by atoms with Crippen molar-refractivity contribution >= 4 is 68.0 Å². The van der Waals surface area contributed by atoms with Crippen molar-refractivity contribution in [3.63, 3.8) is 0 Å². The molecule has 5 aromatic rings. The van der Waals surface area contributed by atoms with Crippen LogP contribution in [0.4, 0.5) is 33.4 Å². The van der Waals surface area contributed by atoms with E-state index in [1.165, 1.54) is 82.8 Å². The molecule has 294 valence electrons. The number of anilines is 6. The lowest BCUT2D eigenvalue weighted by Crippen LogP contribution is -2.62. The van der Waals surface area contributed by atoms with Gasteiger partial charge in [0.15, 0.2) is 0 Å². The Morgan fingerprint density at radius 1 is 0.429 bits per heavy atom. The molecule has 1 aromatic heterocycles. The van der Waals surface area contributed by atoms with Gasteiger partial charge in [0, 0.05) is 33.9 Å². The van der Waals surface area contributed by atoms with Gasteiger partial charge in [-0.3, -0.25) is 4.98 Å². The van der Waals surface area contributed by atoms with E-state index in [0.717, 1.165) is 0 Å². The quantitative estimate of drug-likeness (QED) is 0.164. The molecule has 2 aliphatic heterocycles. The first-order valence-electron chi connectivity index (χ1n) is 20.8. The first-order valence-corrected chi connectivity index (χ1v) is 21.6. The molecule has 7 rings (SSSR count). The molecule has 2 aliphatic rings. The summed E-state index contributed by atoms with van der Waals surface area (Å²) in [6.07, 6.45) is 0. The zero-order valence-corrected chi connectivity index (χ0v) is 38.6. The molecule has 0 unspecified atom stereocenters. The monoisotopic (exact) mass is 764 g/mol. The van der Waals surface area contributed by atoms with Gasteiger partial charge in [0.2, 0.25) is 0 Å². The van der Waals surface area contributed by atoms with Crippen molar-refractivity contribution in [2.75, 3.05) is 9.80 Å². The van der Waals surface area contributed by atoms with E-state index < -0.39 is 0 Å². The van der Waals surface area contributed by atoms with Crippen molar-refractivity contribution in [1.82, 2.24) is 4.98 Å². The summed E-state index contributed by atoms with van der Waals surface area (Å²) < 4.78 is 0. The summed E-state index contributed by atoms with van der Waals surface area (Å²) in [4.78, 5) is 10.9. The molecule has 0 bridgehead atoms. The molecule has 3 heterocycles. The van der Waals surface area contributed by atoms with Crippen LogP contribution >= 0.6 is 11.3 Å². The molecule has 5 heteroatoms. The Morgan fingerprint density at radius 2 is 0.893 bits per heavy atom. The maximum atomic E-state index is 5.72. The molecule has 4 aromatic carbocycles. The second-order valence-corrected chi connectivity index (χ2v) is 23.8. The molecule has 0 atom stereocenters. The van der Waals surface area contributed by atoms with E-state index in [4.69, 9.17) is 4.98 Å². The normalized spacial score (nSPS) is 14.9. The van der Waals surface area contributed by atoms with Gasteiger partial charge in [-0.05, 0) is 108 Å². The third-order valence-corrected chi connectivity index (χ3v) is 13.4. The van der Waals surface area contributed by atoms with Gasteiger partial charge < -0.3 is 9.80 Å². The van der Waals surface area contributed by atoms with Crippen LogP contribution in [0.1, 0.15) is 157 Å². The van der Waals surface area contributed by atoms with E-state index in [1.807, 2.05) is 11.3 Å². The number of thiazole rings is 1. The Labute approximate surface area is 344 Å². The number of rotatable bonds is 2. The zero-order chi connectivity index (χ0) is 41.3. The predicted molar refractivity (Wildman–Crippen MR) is 248 cm³/mol. The maximum Gasteiger partial charge on any atom is 0.276 e. The van der Waals surface area contributed by atoms with Crippen LogP contribution in [-0.2, 0) is 32.5 Å². The van der Waals surface area contributed by atoms with Crippen molar-refractivity contribution in [3.8, 4) is 0 Å². The van der Waals surface area contributed by atoms with Crippen molar-refractivity contribution in [3.05, 3.63) is 106 Å². The summed E-state index contributed by atoms with van der Waals surface area (Å²) in [5.74, 6) is 0. The third kappa shape index (κ3) is 7.05. The van der Waals surface area contributed by atoms with Gasteiger partial charge in [0.05, 0.1) is 10.6 Å². The number of hydrogen-bond acceptors (Lipinski definition) is 4. The number of fused-ring (bicyclic) bond motifs is 4. The van der Waals surface area contributed by atoms with Gasteiger partial charge in [0.1, 0.15) is 5.00 Å². The summed E-state index contributed by atoms with van der Waals surface area (Å²) >= 11 is 1.88. The molecular weight excluding hydrogens is 697 g/mol. The Balaban J connectivity index is 1.65. The largest absolute Gasteiger partial charge is 0.311 e. The van der Waals surface area contributed by atoms with Crippen molar-refractivity contribution in [2.45, 2.75) is 157 Å². The number of benzene rings is 4. The summed E-state index contributed by atoms with van der Waals surface area (Å²) in [5.41, 5.74) is 16.6. The minimum Gasteiger partial charge on any atom is -0.311 e. The minimum atomic E-state index is -0.103. The summed E-state index contributed by atoms with van der Waals surface area (Å²) in [6, 6.07) is 29.0. The Morgan fingerprint density at radius 3 is 1.38 bits per heavy atom. The maximum absolute atomic E-state index is 5.72. The van der Waals surface area contributed by atoms with Gasteiger partial charge >= 0.3 is 0 Å². The number of nitrogens with zero attached hydrogens (tertiary/aromatic N) is 3. The van der Waals surface area contributed by atoms with Crippen LogP contribution in [0.3, 0.4) is 0 Å². The van der Waals surface area contributed by atoms with E-state index in [1.54, 1.807) is 0 Å². The molecule has 0 N–H and O–H groups in total. The highest BCUT2D eigenvalue weighted by atomic mass is 32.1. The molecule has 0 fully saturated rings. The Bertz CT molecular complexity index is 2290. The van der Waals surface area contributed by atoms with Gasteiger partial charge in [-0.25, -0.2) is 0 Å². The van der Waals surface area contributed by atoms with Crippen LogP contribution in [0.5, 0.6) is 0 Å². The molecule has 0 radical (unpaired) electrons. The van der Waals surface area contributed by atoms with E-state index in [0.29, 0.717) is 0 Å². The summed E-state index contributed by atoms with van der Waals surface area (Å²) in [5, 5.41) is 2.42. The van der Waals surface area contributed by atoms with Crippen molar-refractivity contribution in [1.29, 1.82) is 0 Å². The lowest BCUT2D eigenvalue weighted by molar-refractivity contribution is 0.569. The number of aromatic nitrogens is 1. The first-order chi connectivity index (χ1) is 25.5. The Hall–Kier alpha value is -3.83. The van der Waals surface area contributed by atoms with Gasteiger partial charge in [-0.1, -0.05) is 155 Å². The fraction of sp³-hybridized carbons (Fsp3) is 0.471. The van der Waals surface area contributed by atoms with Crippen LogP contribution in [0.25, 0.3) is 0 Å². The first kappa shape index (κ1) is 40.4. The Kier molecular flexibility index (Phi) is 9.26. The zero-order valence-electron chi connectivity index (χ0n) is 37.8. The van der Waals surface area contributed by atoms with Crippen molar-refractivity contribution < 1.29 is 0 Å². The van der Waals surface area contributed by atoms with Gasteiger partial charge in [-0.2, -0.15) is 0 Å². The lowest BCUT2D eigenvalue weighted by Gasteiger charge is -2.44. The fourth-order valence-electron chi connectivity index (χ4n) is 8.10. The third-order valence-electron chi connectivity index (χ3n) is 11.9. The minimum absolute atomic E-state index is 0.00759. The van der Waals surface area contributed by atoms with Gasteiger partial charge in [0.25, 0.3) is 6.71 Å². The summed E-state index contributed by atoms with van der Waals surface area (Å²) in [7, 11) is 0. The molecule has 0 amide bonds. The number of hydrogen-bond donors (Lipinski definition) is 0. The molecule has 0 saturated heterocycles. The highest BCUT2D eigenvalue weighted by molar-refractivity contribution is 7.19. The van der Waals surface area contributed by atoms with E-state index in [2.05, 4.69) is 207 Å². The fourth-order valence-corrected chi connectivity index (χ4v) is 9.30. The SMILES string of the molecule is CC(C)(C)c1ccc(N2c3ccc(C(C)(C)C)cc3B3c4nc(C(C)(C)C)sc4N(c4cc(C(C)(C)C)cc(C(C)(C)C)c4)c4cc(C(C)(C)C)cc2c43)cc1. The van der Waals surface area contributed by atoms with Crippen molar-refractivity contribution in [2.24, 2.45) is 0 Å². The topological polar surface area (TPSA) is 19.4 Å². The van der Waals surface area contributed by atoms with Crippen LogP contribution in [0.15, 0.2) is 72.8 Å². The molecule has 0 saturated carbocycles. The molecule has 0 aliphatic carbocycles.